The minimum Gasteiger partial charge on any atom is -0.384 e. The molecule has 1 heterocycles. The van der Waals surface area contributed by atoms with Crippen LogP contribution in [0.5, 0.6) is 0 Å². The Morgan fingerprint density at radius 1 is 1.45 bits per heavy atom. The number of nitrogens with two attached hydrogens (primary N) is 1. The zero-order valence-electron chi connectivity index (χ0n) is 12.5. The average molecular weight is 277 g/mol. The highest BCUT2D eigenvalue weighted by molar-refractivity contribution is 5.96. The summed E-state index contributed by atoms with van der Waals surface area (Å²) in [5.41, 5.74) is 7.33. The summed E-state index contributed by atoms with van der Waals surface area (Å²) in [5, 5.41) is 7.58. The van der Waals surface area contributed by atoms with E-state index in [1.54, 1.807) is 6.07 Å². The lowest BCUT2D eigenvalue weighted by Gasteiger charge is -2.27. The Labute approximate surface area is 120 Å². The highest BCUT2D eigenvalue weighted by Gasteiger charge is 2.31. The lowest BCUT2D eigenvalue weighted by molar-refractivity contribution is 0.226. The second kappa shape index (κ2) is 5.52. The van der Waals surface area contributed by atoms with E-state index < -0.39 is 0 Å². The number of nitrogens with zero attached hydrogens (tertiary/aromatic N) is 1. The van der Waals surface area contributed by atoms with Gasteiger partial charge in [0.1, 0.15) is 11.7 Å². The summed E-state index contributed by atoms with van der Waals surface area (Å²) in [5.74, 6) is 0.280. The lowest BCUT2D eigenvalue weighted by atomic mass is 9.80. The molecule has 2 rings (SSSR count). The third-order valence-electron chi connectivity index (χ3n) is 4.25. The Hall–Kier alpha value is -1.42. The number of amidine groups is 1. The van der Waals surface area contributed by atoms with Crippen molar-refractivity contribution in [3.05, 3.63) is 35.1 Å². The van der Waals surface area contributed by atoms with Crippen LogP contribution in [0.3, 0.4) is 0 Å². The van der Waals surface area contributed by atoms with Crippen LogP contribution in [0, 0.1) is 22.6 Å². The molecule has 0 spiro atoms. The van der Waals surface area contributed by atoms with Crippen LogP contribution in [0.2, 0.25) is 0 Å². The number of hydrogen-bond donors (Lipinski definition) is 2. The van der Waals surface area contributed by atoms with Crippen molar-refractivity contribution in [2.24, 2.45) is 17.1 Å². The van der Waals surface area contributed by atoms with E-state index >= 15 is 0 Å². The predicted octanol–water partition coefficient (Wildman–Crippen LogP) is 2.98. The molecule has 0 radical (unpaired) electrons. The molecule has 0 aliphatic carbocycles. The van der Waals surface area contributed by atoms with Gasteiger partial charge in [-0.15, -0.1) is 0 Å². The number of nitrogen functional groups attached to an aromatic ring is 1. The quantitative estimate of drug-likeness (QED) is 0.659. The largest absolute Gasteiger partial charge is 0.384 e. The van der Waals surface area contributed by atoms with Gasteiger partial charge in [0.25, 0.3) is 0 Å². The van der Waals surface area contributed by atoms with Crippen molar-refractivity contribution in [3.63, 3.8) is 0 Å². The average Bonchev–Trinajstić information content (AvgIpc) is 2.79. The van der Waals surface area contributed by atoms with E-state index in [9.17, 15) is 4.39 Å². The maximum atomic E-state index is 13.3. The summed E-state index contributed by atoms with van der Waals surface area (Å²) in [4.78, 5) is 2.37. The summed E-state index contributed by atoms with van der Waals surface area (Å²) < 4.78 is 13.3. The molecule has 0 bridgehead atoms. The third kappa shape index (κ3) is 3.37. The summed E-state index contributed by atoms with van der Waals surface area (Å²) in [6.45, 7) is 9.68. The maximum Gasteiger partial charge on any atom is 0.123 e. The molecule has 0 aromatic heterocycles. The van der Waals surface area contributed by atoms with Gasteiger partial charge in [0, 0.05) is 18.7 Å². The Bertz CT molecular complexity index is 505. The van der Waals surface area contributed by atoms with E-state index in [2.05, 4.69) is 25.7 Å². The van der Waals surface area contributed by atoms with E-state index in [0.29, 0.717) is 16.9 Å². The Morgan fingerprint density at radius 3 is 2.70 bits per heavy atom. The first-order chi connectivity index (χ1) is 9.27. The third-order valence-corrected chi connectivity index (χ3v) is 4.25. The van der Waals surface area contributed by atoms with Crippen molar-refractivity contribution in [1.82, 2.24) is 4.90 Å². The smallest absolute Gasteiger partial charge is 0.123 e. The molecular formula is C16H24FN3. The molecule has 1 fully saturated rings. The van der Waals surface area contributed by atoms with Gasteiger partial charge in [0.15, 0.2) is 0 Å². The molecule has 1 aliphatic heterocycles. The zero-order chi connectivity index (χ0) is 14.9. The van der Waals surface area contributed by atoms with Crippen LogP contribution in [0.1, 0.15) is 38.3 Å². The maximum absolute atomic E-state index is 13.3. The van der Waals surface area contributed by atoms with E-state index in [1.165, 1.54) is 18.6 Å². The highest BCUT2D eigenvalue weighted by Crippen LogP contribution is 2.34. The summed E-state index contributed by atoms with van der Waals surface area (Å²) in [6, 6.07) is 4.55. The summed E-state index contributed by atoms with van der Waals surface area (Å²) >= 11 is 0. The van der Waals surface area contributed by atoms with Crippen LogP contribution in [0.25, 0.3) is 0 Å². The standard InChI is InChI=1S/C16H24FN3/c1-16(2,3)12-6-7-20(10-12)9-11-4-5-13(17)8-14(11)15(18)19/h4-5,8,12H,6-7,9-10H2,1-3H3,(H3,18,19). The van der Waals surface area contributed by atoms with Crippen molar-refractivity contribution >= 4 is 5.84 Å². The molecule has 3 nitrogen and oxygen atoms in total. The number of halogens is 1. The van der Waals surface area contributed by atoms with Gasteiger partial charge in [-0.1, -0.05) is 26.8 Å². The molecule has 1 aromatic rings. The fourth-order valence-electron chi connectivity index (χ4n) is 2.86. The van der Waals surface area contributed by atoms with Crippen LogP contribution in [-0.2, 0) is 6.54 Å². The first-order valence-corrected chi connectivity index (χ1v) is 7.12. The van der Waals surface area contributed by atoms with Crippen LogP contribution in [-0.4, -0.2) is 23.8 Å². The Balaban J connectivity index is 2.10. The number of benzene rings is 1. The second-order valence-electron chi connectivity index (χ2n) is 6.80. The number of likely N-dealkylation sites (tertiary alicyclic amines) is 1. The normalized spacial score (nSPS) is 20.3. The van der Waals surface area contributed by atoms with Gasteiger partial charge in [-0.2, -0.15) is 0 Å². The van der Waals surface area contributed by atoms with Crippen molar-refractivity contribution in [3.8, 4) is 0 Å². The van der Waals surface area contributed by atoms with Gasteiger partial charge >= 0.3 is 0 Å². The monoisotopic (exact) mass is 277 g/mol. The van der Waals surface area contributed by atoms with Crippen molar-refractivity contribution in [2.75, 3.05) is 13.1 Å². The minimum absolute atomic E-state index is 0.0638. The summed E-state index contributed by atoms with van der Waals surface area (Å²) in [6.07, 6.45) is 1.19. The van der Waals surface area contributed by atoms with Crippen molar-refractivity contribution in [1.29, 1.82) is 5.41 Å². The van der Waals surface area contributed by atoms with E-state index in [-0.39, 0.29) is 11.7 Å². The molecule has 0 amide bonds. The van der Waals surface area contributed by atoms with Gasteiger partial charge in [0.05, 0.1) is 0 Å². The van der Waals surface area contributed by atoms with Crippen LogP contribution in [0.4, 0.5) is 4.39 Å². The van der Waals surface area contributed by atoms with E-state index in [1.807, 2.05) is 0 Å². The first-order valence-electron chi connectivity index (χ1n) is 7.12. The van der Waals surface area contributed by atoms with Gasteiger partial charge < -0.3 is 5.73 Å². The van der Waals surface area contributed by atoms with Gasteiger partial charge in [-0.25, -0.2) is 4.39 Å². The molecular weight excluding hydrogens is 253 g/mol. The minimum atomic E-state index is -0.340. The van der Waals surface area contributed by atoms with Crippen LogP contribution in [0.15, 0.2) is 18.2 Å². The van der Waals surface area contributed by atoms with Gasteiger partial charge in [-0.05, 0) is 42.0 Å². The number of nitrogens with one attached hydrogen (secondary N) is 1. The lowest BCUT2D eigenvalue weighted by Crippen LogP contribution is -2.27. The highest BCUT2D eigenvalue weighted by atomic mass is 19.1. The fraction of sp³-hybridized carbons (Fsp3) is 0.562. The van der Waals surface area contributed by atoms with Crippen LogP contribution < -0.4 is 5.73 Å². The van der Waals surface area contributed by atoms with Crippen molar-refractivity contribution in [2.45, 2.75) is 33.7 Å². The second-order valence-corrected chi connectivity index (χ2v) is 6.80. The summed E-state index contributed by atoms with van der Waals surface area (Å²) in [7, 11) is 0. The molecule has 1 unspecified atom stereocenters. The number of rotatable bonds is 3. The van der Waals surface area contributed by atoms with Crippen LogP contribution >= 0.6 is 0 Å². The molecule has 1 atom stereocenters. The molecule has 1 aliphatic rings. The zero-order valence-corrected chi connectivity index (χ0v) is 12.5. The molecule has 3 N–H and O–H groups in total. The van der Waals surface area contributed by atoms with Gasteiger partial charge in [0.2, 0.25) is 0 Å². The molecule has 1 aromatic carbocycles. The SMILES string of the molecule is CC(C)(C)C1CCN(Cc2ccc(F)cc2C(=N)N)C1. The predicted molar refractivity (Wildman–Crippen MR) is 80.3 cm³/mol. The molecule has 1 saturated heterocycles. The Kier molecular flexibility index (Phi) is 4.14. The molecule has 20 heavy (non-hydrogen) atoms. The van der Waals surface area contributed by atoms with Gasteiger partial charge in [-0.3, -0.25) is 10.3 Å². The van der Waals surface area contributed by atoms with Crippen molar-refractivity contribution < 1.29 is 4.39 Å². The number of hydrogen-bond acceptors (Lipinski definition) is 2. The Morgan fingerprint density at radius 2 is 2.15 bits per heavy atom. The molecule has 0 saturated carbocycles. The topological polar surface area (TPSA) is 53.1 Å². The molecule has 4 heteroatoms. The van der Waals surface area contributed by atoms with E-state index in [4.69, 9.17) is 11.1 Å². The molecule has 110 valence electrons. The fourth-order valence-corrected chi connectivity index (χ4v) is 2.86. The first kappa shape index (κ1) is 15.0. The van der Waals surface area contributed by atoms with E-state index in [0.717, 1.165) is 25.2 Å².